The van der Waals surface area contributed by atoms with Crippen LogP contribution in [0.2, 0.25) is 0 Å². The molecule has 0 bridgehead atoms. The quantitative estimate of drug-likeness (QED) is 0.807. The van der Waals surface area contributed by atoms with Crippen molar-refractivity contribution in [2.45, 2.75) is 53.6 Å². The predicted molar refractivity (Wildman–Crippen MR) is 64.1 cm³/mol. The van der Waals surface area contributed by atoms with Crippen LogP contribution in [0.5, 0.6) is 0 Å². The van der Waals surface area contributed by atoms with Crippen LogP contribution in [0.3, 0.4) is 0 Å². The highest BCUT2D eigenvalue weighted by Crippen LogP contribution is 2.21. The van der Waals surface area contributed by atoms with Gasteiger partial charge in [0.05, 0.1) is 5.69 Å². The lowest BCUT2D eigenvalue weighted by atomic mass is 10.1. The smallest absolute Gasteiger partial charge is 0.0644 e. The highest BCUT2D eigenvalue weighted by molar-refractivity contribution is 5.27. The average molecular weight is 209 g/mol. The molecule has 3 heteroatoms. The van der Waals surface area contributed by atoms with Crippen molar-refractivity contribution in [1.82, 2.24) is 15.1 Å². The Bertz CT molecular complexity index is 315. The molecule has 1 aromatic rings. The van der Waals surface area contributed by atoms with Gasteiger partial charge in [-0.25, -0.2) is 0 Å². The molecular formula is C12H23N3. The van der Waals surface area contributed by atoms with E-state index in [0.717, 1.165) is 25.2 Å². The molecule has 1 aromatic heterocycles. The fourth-order valence-electron chi connectivity index (χ4n) is 2.18. The fourth-order valence-corrected chi connectivity index (χ4v) is 2.18. The van der Waals surface area contributed by atoms with Crippen molar-refractivity contribution in [3.8, 4) is 0 Å². The van der Waals surface area contributed by atoms with Gasteiger partial charge in [-0.3, -0.25) is 4.68 Å². The van der Waals surface area contributed by atoms with Crippen LogP contribution in [0.1, 0.15) is 50.2 Å². The predicted octanol–water partition coefficient (Wildman–Crippen LogP) is 2.58. The monoisotopic (exact) mass is 209 g/mol. The summed E-state index contributed by atoms with van der Waals surface area (Å²) in [6.07, 6.45) is 1.14. The molecule has 0 aromatic carbocycles. The molecule has 86 valence electrons. The maximum Gasteiger partial charge on any atom is 0.0644 e. The van der Waals surface area contributed by atoms with Crippen molar-refractivity contribution in [2.75, 3.05) is 6.54 Å². The first kappa shape index (κ1) is 12.2. The van der Waals surface area contributed by atoms with Crippen LogP contribution in [0.15, 0.2) is 0 Å². The molecule has 0 fully saturated rings. The molecule has 0 spiro atoms. The Hall–Kier alpha value is -0.830. The lowest BCUT2D eigenvalue weighted by molar-refractivity contribution is 0.571. The largest absolute Gasteiger partial charge is 0.310 e. The van der Waals surface area contributed by atoms with E-state index in [-0.39, 0.29) is 0 Å². The summed E-state index contributed by atoms with van der Waals surface area (Å²) in [6.45, 7) is 12.8. The number of hydrogen-bond donors (Lipinski definition) is 1. The third-order valence-electron chi connectivity index (χ3n) is 2.82. The zero-order valence-corrected chi connectivity index (χ0v) is 10.6. The molecule has 15 heavy (non-hydrogen) atoms. The Morgan fingerprint density at radius 2 is 2.00 bits per heavy atom. The molecule has 0 aliphatic rings. The Morgan fingerprint density at radius 3 is 2.53 bits per heavy atom. The summed E-state index contributed by atoms with van der Waals surface area (Å²) >= 11 is 0. The highest BCUT2D eigenvalue weighted by atomic mass is 15.3. The number of nitrogens with one attached hydrogen (secondary N) is 1. The molecule has 1 rings (SSSR count). The third-order valence-corrected chi connectivity index (χ3v) is 2.82. The minimum absolute atomic E-state index is 0.403. The Kier molecular flexibility index (Phi) is 4.33. The van der Waals surface area contributed by atoms with Crippen molar-refractivity contribution in [2.24, 2.45) is 0 Å². The first-order valence-corrected chi connectivity index (χ1v) is 5.89. The van der Waals surface area contributed by atoms with Gasteiger partial charge in [-0.05, 0) is 33.7 Å². The van der Waals surface area contributed by atoms with E-state index in [2.05, 4.69) is 49.7 Å². The molecule has 0 amide bonds. The summed E-state index contributed by atoms with van der Waals surface area (Å²) in [4.78, 5) is 0. The third kappa shape index (κ3) is 2.59. The summed E-state index contributed by atoms with van der Waals surface area (Å²) in [6, 6.07) is 0.403. The topological polar surface area (TPSA) is 29.9 Å². The second-order valence-corrected chi connectivity index (χ2v) is 4.09. The molecular weight excluding hydrogens is 186 g/mol. The maximum atomic E-state index is 4.58. The van der Waals surface area contributed by atoms with Crippen molar-refractivity contribution in [3.63, 3.8) is 0 Å². The lowest BCUT2D eigenvalue weighted by Gasteiger charge is -2.13. The van der Waals surface area contributed by atoms with E-state index in [9.17, 15) is 0 Å². The first-order chi connectivity index (χ1) is 7.11. The van der Waals surface area contributed by atoms with Gasteiger partial charge in [-0.2, -0.15) is 5.10 Å². The molecule has 1 unspecified atom stereocenters. The van der Waals surface area contributed by atoms with Gasteiger partial charge in [-0.1, -0.05) is 13.8 Å². The van der Waals surface area contributed by atoms with Gasteiger partial charge in [0.2, 0.25) is 0 Å². The Labute approximate surface area is 92.9 Å². The molecule has 0 saturated heterocycles. The van der Waals surface area contributed by atoms with E-state index >= 15 is 0 Å². The van der Waals surface area contributed by atoms with Crippen molar-refractivity contribution in [1.29, 1.82) is 0 Å². The molecule has 0 radical (unpaired) electrons. The maximum absolute atomic E-state index is 4.58. The van der Waals surface area contributed by atoms with Crippen molar-refractivity contribution in [3.05, 3.63) is 17.0 Å². The molecule has 1 heterocycles. The van der Waals surface area contributed by atoms with Gasteiger partial charge in [0.15, 0.2) is 0 Å². The van der Waals surface area contributed by atoms with Crippen molar-refractivity contribution >= 4 is 0 Å². The number of aryl methyl sites for hydroxylation is 2. The Morgan fingerprint density at radius 1 is 1.33 bits per heavy atom. The summed E-state index contributed by atoms with van der Waals surface area (Å²) in [5, 5.41) is 8.03. The van der Waals surface area contributed by atoms with Crippen LogP contribution < -0.4 is 5.32 Å². The van der Waals surface area contributed by atoms with Crippen LogP contribution in [0, 0.1) is 13.8 Å². The molecule has 3 nitrogen and oxygen atoms in total. The minimum atomic E-state index is 0.403. The molecule has 1 atom stereocenters. The van der Waals surface area contributed by atoms with Gasteiger partial charge < -0.3 is 5.32 Å². The molecule has 1 N–H and O–H groups in total. The summed E-state index contributed by atoms with van der Waals surface area (Å²) in [5.74, 6) is 0. The zero-order valence-electron chi connectivity index (χ0n) is 10.6. The first-order valence-electron chi connectivity index (χ1n) is 5.89. The van der Waals surface area contributed by atoms with Crippen molar-refractivity contribution < 1.29 is 0 Å². The van der Waals surface area contributed by atoms with Crippen LogP contribution in [0.4, 0.5) is 0 Å². The normalized spacial score (nSPS) is 13.1. The number of aromatic nitrogens is 2. The molecule has 0 saturated carbocycles. The van der Waals surface area contributed by atoms with Crippen LogP contribution in [-0.4, -0.2) is 16.3 Å². The fraction of sp³-hybridized carbons (Fsp3) is 0.750. The Balaban J connectivity index is 2.96. The average Bonchev–Trinajstić information content (AvgIpc) is 2.43. The SMILES string of the molecule is CCCn1nc(C)c(C(C)NCC)c1C. The van der Waals surface area contributed by atoms with Gasteiger partial charge in [0.25, 0.3) is 0 Å². The van der Waals surface area contributed by atoms with E-state index in [1.54, 1.807) is 0 Å². The molecule has 0 aliphatic carbocycles. The van der Waals surface area contributed by atoms with E-state index in [1.807, 2.05) is 0 Å². The summed E-state index contributed by atoms with van der Waals surface area (Å²) in [5.41, 5.74) is 3.84. The number of rotatable bonds is 5. The standard InChI is InChI=1S/C12H23N3/c1-6-8-15-11(5)12(10(4)14-15)9(3)13-7-2/h9,13H,6-8H2,1-5H3. The van der Waals surface area contributed by atoms with Gasteiger partial charge >= 0.3 is 0 Å². The second-order valence-electron chi connectivity index (χ2n) is 4.09. The number of hydrogen-bond acceptors (Lipinski definition) is 2. The van der Waals surface area contributed by atoms with Gasteiger partial charge in [0.1, 0.15) is 0 Å². The minimum Gasteiger partial charge on any atom is -0.310 e. The van der Waals surface area contributed by atoms with Gasteiger partial charge in [0, 0.05) is 23.8 Å². The van der Waals surface area contributed by atoms with Crippen LogP contribution in [-0.2, 0) is 6.54 Å². The zero-order chi connectivity index (χ0) is 11.4. The highest BCUT2D eigenvalue weighted by Gasteiger charge is 2.15. The molecule has 0 aliphatic heterocycles. The lowest BCUT2D eigenvalue weighted by Crippen LogP contribution is -2.19. The van der Waals surface area contributed by atoms with Crippen LogP contribution >= 0.6 is 0 Å². The number of nitrogens with zero attached hydrogens (tertiary/aromatic N) is 2. The second kappa shape index (κ2) is 5.31. The van der Waals surface area contributed by atoms with E-state index in [1.165, 1.54) is 11.3 Å². The van der Waals surface area contributed by atoms with Gasteiger partial charge in [-0.15, -0.1) is 0 Å². The summed E-state index contributed by atoms with van der Waals surface area (Å²) < 4.78 is 2.12. The van der Waals surface area contributed by atoms with E-state index in [0.29, 0.717) is 6.04 Å². The van der Waals surface area contributed by atoms with Crippen LogP contribution in [0.25, 0.3) is 0 Å². The summed E-state index contributed by atoms with van der Waals surface area (Å²) in [7, 11) is 0. The van der Waals surface area contributed by atoms with E-state index in [4.69, 9.17) is 0 Å². The van der Waals surface area contributed by atoms with E-state index < -0.39 is 0 Å².